The first-order valence-electron chi connectivity index (χ1n) is 6.12. The standard InChI is InChI=1S/C12H16FN5/c1-17-4-2-8(3-5-17)18-7-9(13)11-12(18)16-10(14)6-15-11/h6-8H,2-5H2,1H3,(H2,14,16). The molecular formula is C12H16FN5. The van der Waals surface area contributed by atoms with Crippen LogP contribution in [0.3, 0.4) is 0 Å². The van der Waals surface area contributed by atoms with E-state index in [4.69, 9.17) is 5.73 Å². The van der Waals surface area contributed by atoms with E-state index in [1.807, 2.05) is 4.57 Å². The van der Waals surface area contributed by atoms with Gasteiger partial charge in [0.05, 0.1) is 6.20 Å². The second-order valence-electron chi connectivity index (χ2n) is 4.89. The number of likely N-dealkylation sites (tertiary alicyclic amines) is 1. The van der Waals surface area contributed by atoms with Crippen LogP contribution < -0.4 is 5.73 Å². The second kappa shape index (κ2) is 4.20. The highest BCUT2D eigenvalue weighted by molar-refractivity contribution is 5.73. The SMILES string of the molecule is CN1CCC(n2cc(F)c3ncc(N)nc32)CC1. The van der Waals surface area contributed by atoms with Crippen LogP contribution in [0.2, 0.25) is 0 Å². The smallest absolute Gasteiger partial charge is 0.168 e. The Morgan fingerprint density at radius 1 is 1.39 bits per heavy atom. The lowest BCUT2D eigenvalue weighted by Gasteiger charge is -2.30. The van der Waals surface area contributed by atoms with Gasteiger partial charge in [-0.15, -0.1) is 0 Å². The molecule has 0 aromatic carbocycles. The monoisotopic (exact) mass is 249 g/mol. The van der Waals surface area contributed by atoms with Crippen molar-refractivity contribution in [1.29, 1.82) is 0 Å². The molecule has 18 heavy (non-hydrogen) atoms. The molecule has 0 unspecified atom stereocenters. The summed E-state index contributed by atoms with van der Waals surface area (Å²) in [4.78, 5) is 10.5. The summed E-state index contributed by atoms with van der Waals surface area (Å²) < 4.78 is 15.7. The van der Waals surface area contributed by atoms with Gasteiger partial charge in [-0.2, -0.15) is 0 Å². The van der Waals surface area contributed by atoms with Crippen molar-refractivity contribution in [2.75, 3.05) is 25.9 Å². The predicted octanol–water partition coefficient (Wildman–Crippen LogP) is 1.42. The lowest BCUT2D eigenvalue weighted by Crippen LogP contribution is -2.31. The molecule has 1 aliphatic heterocycles. The van der Waals surface area contributed by atoms with Crippen LogP contribution in [0.15, 0.2) is 12.4 Å². The van der Waals surface area contributed by atoms with Gasteiger partial charge in [0.25, 0.3) is 0 Å². The fourth-order valence-corrected chi connectivity index (χ4v) is 2.54. The van der Waals surface area contributed by atoms with Crippen LogP contribution in [-0.4, -0.2) is 39.6 Å². The zero-order valence-corrected chi connectivity index (χ0v) is 10.3. The van der Waals surface area contributed by atoms with Crippen LogP contribution in [0, 0.1) is 5.82 Å². The molecule has 0 spiro atoms. The second-order valence-corrected chi connectivity index (χ2v) is 4.89. The van der Waals surface area contributed by atoms with E-state index in [0.717, 1.165) is 25.9 Å². The van der Waals surface area contributed by atoms with Gasteiger partial charge in [-0.25, -0.2) is 14.4 Å². The van der Waals surface area contributed by atoms with Crippen LogP contribution in [0.25, 0.3) is 11.2 Å². The van der Waals surface area contributed by atoms with E-state index in [1.165, 1.54) is 12.4 Å². The molecule has 0 radical (unpaired) electrons. The van der Waals surface area contributed by atoms with E-state index in [2.05, 4.69) is 21.9 Å². The van der Waals surface area contributed by atoms with Gasteiger partial charge < -0.3 is 15.2 Å². The van der Waals surface area contributed by atoms with Crippen molar-refractivity contribution in [3.63, 3.8) is 0 Å². The average molecular weight is 249 g/mol. The molecule has 2 N–H and O–H groups in total. The molecule has 0 amide bonds. The number of fused-ring (bicyclic) bond motifs is 1. The van der Waals surface area contributed by atoms with E-state index in [0.29, 0.717) is 17.0 Å². The number of hydrogen-bond acceptors (Lipinski definition) is 4. The van der Waals surface area contributed by atoms with Crippen molar-refractivity contribution in [1.82, 2.24) is 19.4 Å². The molecule has 0 atom stereocenters. The minimum absolute atomic E-state index is 0.282. The molecule has 6 heteroatoms. The quantitative estimate of drug-likeness (QED) is 0.830. The Labute approximate surface area is 104 Å². The molecular weight excluding hydrogens is 233 g/mol. The van der Waals surface area contributed by atoms with Gasteiger partial charge in [-0.3, -0.25) is 0 Å². The lowest BCUT2D eigenvalue weighted by molar-refractivity contribution is 0.223. The highest BCUT2D eigenvalue weighted by Gasteiger charge is 2.22. The number of anilines is 1. The zero-order valence-electron chi connectivity index (χ0n) is 10.3. The highest BCUT2D eigenvalue weighted by Crippen LogP contribution is 2.27. The Kier molecular flexibility index (Phi) is 2.66. The van der Waals surface area contributed by atoms with Gasteiger partial charge in [0.2, 0.25) is 0 Å². The van der Waals surface area contributed by atoms with Crippen molar-refractivity contribution < 1.29 is 4.39 Å². The van der Waals surface area contributed by atoms with Crippen LogP contribution >= 0.6 is 0 Å². The number of nitrogens with two attached hydrogens (primary N) is 1. The van der Waals surface area contributed by atoms with Crippen molar-refractivity contribution >= 4 is 17.0 Å². The van der Waals surface area contributed by atoms with Gasteiger partial charge in [0, 0.05) is 12.2 Å². The van der Waals surface area contributed by atoms with Crippen LogP contribution in [0.5, 0.6) is 0 Å². The minimum Gasteiger partial charge on any atom is -0.382 e. The Balaban J connectivity index is 2.03. The summed E-state index contributed by atoms with van der Waals surface area (Å²) >= 11 is 0. The lowest BCUT2D eigenvalue weighted by atomic mass is 10.1. The molecule has 2 aromatic rings. The van der Waals surface area contributed by atoms with Crippen molar-refractivity contribution in [3.8, 4) is 0 Å². The third-order valence-electron chi connectivity index (χ3n) is 3.58. The molecule has 96 valence electrons. The summed E-state index contributed by atoms with van der Waals surface area (Å²) in [5.41, 5.74) is 6.50. The molecule has 0 saturated carbocycles. The maximum absolute atomic E-state index is 13.8. The van der Waals surface area contributed by atoms with Gasteiger partial charge in [-0.05, 0) is 33.0 Å². The molecule has 1 fully saturated rings. The summed E-state index contributed by atoms with van der Waals surface area (Å²) in [5.74, 6) is 0.00575. The van der Waals surface area contributed by atoms with E-state index in [9.17, 15) is 4.39 Å². The number of nitrogens with zero attached hydrogens (tertiary/aromatic N) is 4. The van der Waals surface area contributed by atoms with E-state index in [-0.39, 0.29) is 11.9 Å². The van der Waals surface area contributed by atoms with E-state index in [1.54, 1.807) is 0 Å². The Hall–Kier alpha value is -1.69. The minimum atomic E-state index is -0.323. The molecule has 3 rings (SSSR count). The van der Waals surface area contributed by atoms with Crippen molar-refractivity contribution in [2.24, 2.45) is 0 Å². The average Bonchev–Trinajstić information content (AvgIpc) is 2.67. The molecule has 1 aliphatic rings. The van der Waals surface area contributed by atoms with Crippen LogP contribution in [-0.2, 0) is 0 Å². The summed E-state index contributed by atoms with van der Waals surface area (Å²) in [6.07, 6.45) is 4.89. The van der Waals surface area contributed by atoms with E-state index < -0.39 is 0 Å². The predicted molar refractivity (Wildman–Crippen MR) is 67.7 cm³/mol. The normalized spacial score (nSPS) is 18.6. The third-order valence-corrected chi connectivity index (χ3v) is 3.58. The van der Waals surface area contributed by atoms with Crippen LogP contribution in [0.1, 0.15) is 18.9 Å². The zero-order chi connectivity index (χ0) is 12.7. The first kappa shape index (κ1) is 11.4. The Bertz CT molecular complexity index is 571. The summed E-state index contributed by atoms with van der Waals surface area (Å²) in [6, 6.07) is 0.282. The maximum atomic E-state index is 13.8. The fraction of sp³-hybridized carbons (Fsp3) is 0.500. The summed E-state index contributed by atoms with van der Waals surface area (Å²) in [7, 11) is 2.10. The van der Waals surface area contributed by atoms with Gasteiger partial charge in [-0.1, -0.05) is 0 Å². The number of piperidine rings is 1. The van der Waals surface area contributed by atoms with Gasteiger partial charge >= 0.3 is 0 Å². The van der Waals surface area contributed by atoms with Gasteiger partial charge in [0.1, 0.15) is 11.3 Å². The Morgan fingerprint density at radius 3 is 2.83 bits per heavy atom. The molecule has 3 heterocycles. The summed E-state index contributed by atoms with van der Waals surface area (Å²) in [5, 5.41) is 0. The van der Waals surface area contributed by atoms with E-state index >= 15 is 0 Å². The first-order chi connectivity index (χ1) is 8.65. The first-order valence-corrected chi connectivity index (χ1v) is 6.12. The van der Waals surface area contributed by atoms with Crippen molar-refractivity contribution in [2.45, 2.75) is 18.9 Å². The largest absolute Gasteiger partial charge is 0.382 e. The number of hydrogen-bond donors (Lipinski definition) is 1. The number of nitrogen functional groups attached to an aromatic ring is 1. The van der Waals surface area contributed by atoms with Crippen LogP contribution in [0.4, 0.5) is 10.2 Å². The molecule has 1 saturated heterocycles. The maximum Gasteiger partial charge on any atom is 0.168 e. The molecule has 2 aromatic heterocycles. The number of aromatic nitrogens is 3. The number of halogens is 1. The molecule has 5 nitrogen and oxygen atoms in total. The Morgan fingerprint density at radius 2 is 2.11 bits per heavy atom. The topological polar surface area (TPSA) is 60.0 Å². The summed E-state index contributed by atoms with van der Waals surface area (Å²) in [6.45, 7) is 2.03. The number of rotatable bonds is 1. The molecule has 0 bridgehead atoms. The third kappa shape index (κ3) is 1.82. The molecule has 0 aliphatic carbocycles. The fourth-order valence-electron chi connectivity index (χ4n) is 2.54. The highest BCUT2D eigenvalue weighted by atomic mass is 19.1. The van der Waals surface area contributed by atoms with Gasteiger partial charge in [0.15, 0.2) is 11.5 Å². The van der Waals surface area contributed by atoms with Crippen molar-refractivity contribution in [3.05, 3.63) is 18.2 Å².